The lowest BCUT2D eigenvalue weighted by Crippen LogP contribution is -2.44. The van der Waals surface area contributed by atoms with Crippen LogP contribution in [-0.4, -0.2) is 37.4 Å². The molecule has 0 bridgehead atoms. The van der Waals surface area contributed by atoms with Crippen LogP contribution in [0.15, 0.2) is 35.9 Å². The summed E-state index contributed by atoms with van der Waals surface area (Å²) in [6.45, 7) is 3.96. The van der Waals surface area contributed by atoms with Crippen molar-refractivity contribution in [1.29, 1.82) is 0 Å². The van der Waals surface area contributed by atoms with Crippen molar-refractivity contribution < 1.29 is 14.6 Å². The summed E-state index contributed by atoms with van der Waals surface area (Å²) < 4.78 is 5.35. The molecule has 1 unspecified atom stereocenters. The summed E-state index contributed by atoms with van der Waals surface area (Å²) in [6.07, 6.45) is 1.60. The fraction of sp³-hybridized carbons (Fsp3) is 0.500. The monoisotopic (exact) mass is 301 g/mol. The number of ether oxygens (including phenoxy) is 1. The summed E-state index contributed by atoms with van der Waals surface area (Å²) in [5.74, 6) is -0.0475. The van der Waals surface area contributed by atoms with Crippen LogP contribution in [0.3, 0.4) is 0 Å². The third-order valence-corrected chi connectivity index (χ3v) is 4.94. The first-order chi connectivity index (χ1) is 10.7. The Bertz CT molecular complexity index is 573. The zero-order valence-corrected chi connectivity index (χ0v) is 13.0. The lowest BCUT2D eigenvalue weighted by atomic mass is 9.81. The summed E-state index contributed by atoms with van der Waals surface area (Å²) in [6, 6.07) is 10.0. The van der Waals surface area contributed by atoms with Gasteiger partial charge in [-0.15, -0.1) is 0 Å². The van der Waals surface area contributed by atoms with Gasteiger partial charge < -0.3 is 15.2 Å². The topological polar surface area (TPSA) is 58.6 Å². The fourth-order valence-corrected chi connectivity index (χ4v) is 3.24. The van der Waals surface area contributed by atoms with Crippen LogP contribution < -0.4 is 5.32 Å². The van der Waals surface area contributed by atoms with Crippen LogP contribution in [0.25, 0.3) is 5.57 Å². The normalized spacial score (nSPS) is 23.3. The molecule has 0 radical (unpaired) electrons. The second kappa shape index (κ2) is 6.23. The molecule has 1 aliphatic heterocycles. The van der Waals surface area contributed by atoms with Crippen molar-refractivity contribution in [3.63, 3.8) is 0 Å². The summed E-state index contributed by atoms with van der Waals surface area (Å²) in [5, 5.41) is 12.7. The maximum absolute atomic E-state index is 12.4. The number of hydrogen-bond donors (Lipinski definition) is 2. The second-order valence-electron chi connectivity index (χ2n) is 6.38. The van der Waals surface area contributed by atoms with Crippen LogP contribution in [-0.2, 0) is 9.53 Å². The molecular weight excluding hydrogens is 278 g/mol. The SMILES string of the molecule is CC1=C(c2ccccc2)C1C(=O)NCC1(CO)CCOCC1. The lowest BCUT2D eigenvalue weighted by molar-refractivity contribution is -0.122. The zero-order chi connectivity index (χ0) is 15.6. The highest BCUT2D eigenvalue weighted by Crippen LogP contribution is 2.46. The molecule has 0 saturated carbocycles. The average molecular weight is 301 g/mol. The Kier molecular flexibility index (Phi) is 4.32. The van der Waals surface area contributed by atoms with E-state index >= 15 is 0 Å². The third kappa shape index (κ3) is 2.94. The molecule has 2 aliphatic rings. The molecule has 1 amide bonds. The maximum atomic E-state index is 12.4. The molecule has 0 aromatic heterocycles. The molecule has 2 N–H and O–H groups in total. The van der Waals surface area contributed by atoms with E-state index in [2.05, 4.69) is 5.32 Å². The number of benzene rings is 1. The van der Waals surface area contributed by atoms with Crippen LogP contribution in [0.1, 0.15) is 25.3 Å². The fourth-order valence-electron chi connectivity index (χ4n) is 3.24. The van der Waals surface area contributed by atoms with E-state index in [4.69, 9.17) is 4.74 Å². The molecule has 1 saturated heterocycles. The molecular formula is C18H23NO3. The number of aliphatic hydroxyl groups excluding tert-OH is 1. The van der Waals surface area contributed by atoms with Gasteiger partial charge in [0.15, 0.2) is 0 Å². The Balaban J connectivity index is 1.58. The molecule has 1 aromatic rings. The predicted molar refractivity (Wildman–Crippen MR) is 85.1 cm³/mol. The number of carbonyl (C=O) groups is 1. The van der Waals surface area contributed by atoms with Crippen LogP contribution in [0, 0.1) is 11.3 Å². The van der Waals surface area contributed by atoms with Gasteiger partial charge in [0.1, 0.15) is 0 Å². The number of rotatable bonds is 5. The zero-order valence-electron chi connectivity index (χ0n) is 13.0. The third-order valence-electron chi connectivity index (χ3n) is 4.94. The molecule has 0 spiro atoms. The smallest absolute Gasteiger partial charge is 0.231 e. The van der Waals surface area contributed by atoms with Crippen LogP contribution in [0.2, 0.25) is 0 Å². The molecule has 1 atom stereocenters. The van der Waals surface area contributed by atoms with Crippen molar-refractivity contribution in [1.82, 2.24) is 5.32 Å². The van der Waals surface area contributed by atoms with E-state index in [9.17, 15) is 9.90 Å². The number of amides is 1. The van der Waals surface area contributed by atoms with Gasteiger partial charge in [0, 0.05) is 25.2 Å². The number of hydrogen-bond acceptors (Lipinski definition) is 3. The summed E-state index contributed by atoms with van der Waals surface area (Å²) >= 11 is 0. The summed E-state index contributed by atoms with van der Waals surface area (Å²) in [4.78, 5) is 12.4. The van der Waals surface area contributed by atoms with Gasteiger partial charge in [0.2, 0.25) is 5.91 Å². The van der Waals surface area contributed by atoms with Crippen LogP contribution in [0.4, 0.5) is 0 Å². The number of carbonyl (C=O) groups excluding carboxylic acids is 1. The largest absolute Gasteiger partial charge is 0.396 e. The van der Waals surface area contributed by atoms with Gasteiger partial charge in [-0.1, -0.05) is 35.9 Å². The highest BCUT2D eigenvalue weighted by Gasteiger charge is 2.41. The lowest BCUT2D eigenvalue weighted by Gasteiger charge is -2.35. The highest BCUT2D eigenvalue weighted by molar-refractivity contribution is 6.05. The van der Waals surface area contributed by atoms with Gasteiger partial charge in [-0.25, -0.2) is 0 Å². The van der Waals surface area contributed by atoms with Gasteiger partial charge in [0.05, 0.1) is 12.5 Å². The van der Waals surface area contributed by atoms with Gasteiger partial charge >= 0.3 is 0 Å². The van der Waals surface area contributed by atoms with Crippen molar-refractivity contribution in [3.8, 4) is 0 Å². The maximum Gasteiger partial charge on any atom is 0.231 e. The summed E-state index contributed by atoms with van der Waals surface area (Å²) in [5.41, 5.74) is 3.20. The minimum absolute atomic E-state index is 0.0515. The summed E-state index contributed by atoms with van der Waals surface area (Å²) in [7, 11) is 0. The van der Waals surface area contributed by atoms with Crippen molar-refractivity contribution >= 4 is 11.5 Å². The molecule has 4 heteroatoms. The molecule has 1 fully saturated rings. The standard InChI is InChI=1S/C18H23NO3/c1-13-15(14-5-3-2-4-6-14)16(13)17(21)19-11-18(12-20)7-9-22-10-8-18/h2-6,16,20H,7-12H2,1H3,(H,19,21). The minimum atomic E-state index is -0.219. The highest BCUT2D eigenvalue weighted by atomic mass is 16.5. The molecule has 22 heavy (non-hydrogen) atoms. The average Bonchev–Trinajstić information content (AvgIpc) is 3.25. The van der Waals surface area contributed by atoms with Gasteiger partial charge in [-0.3, -0.25) is 4.79 Å². The first-order valence-corrected chi connectivity index (χ1v) is 7.89. The van der Waals surface area contributed by atoms with Crippen LogP contribution >= 0.6 is 0 Å². The van der Waals surface area contributed by atoms with E-state index in [1.54, 1.807) is 0 Å². The molecule has 118 valence electrons. The van der Waals surface area contributed by atoms with E-state index in [-0.39, 0.29) is 23.8 Å². The van der Waals surface area contributed by atoms with E-state index in [1.807, 2.05) is 37.3 Å². The van der Waals surface area contributed by atoms with Crippen molar-refractivity contribution in [3.05, 3.63) is 41.5 Å². The van der Waals surface area contributed by atoms with E-state index in [1.165, 1.54) is 0 Å². The Morgan fingerprint density at radius 2 is 2.00 bits per heavy atom. The van der Waals surface area contributed by atoms with E-state index in [0.29, 0.717) is 19.8 Å². The van der Waals surface area contributed by atoms with Crippen LogP contribution in [0.5, 0.6) is 0 Å². The Morgan fingerprint density at radius 1 is 1.32 bits per heavy atom. The van der Waals surface area contributed by atoms with Crippen molar-refractivity contribution in [2.75, 3.05) is 26.4 Å². The molecule has 1 aromatic carbocycles. The predicted octanol–water partition coefficient (Wildman–Crippen LogP) is 2.00. The minimum Gasteiger partial charge on any atom is -0.396 e. The Morgan fingerprint density at radius 3 is 2.64 bits per heavy atom. The molecule has 4 nitrogen and oxygen atoms in total. The van der Waals surface area contributed by atoms with Crippen molar-refractivity contribution in [2.45, 2.75) is 19.8 Å². The van der Waals surface area contributed by atoms with Gasteiger partial charge in [0.25, 0.3) is 0 Å². The first-order valence-electron chi connectivity index (χ1n) is 7.89. The Hall–Kier alpha value is -1.65. The number of nitrogens with one attached hydrogen (secondary N) is 1. The molecule has 1 aliphatic carbocycles. The van der Waals surface area contributed by atoms with E-state index in [0.717, 1.165) is 29.6 Å². The van der Waals surface area contributed by atoms with Gasteiger partial charge in [-0.05, 0) is 30.9 Å². The molecule has 1 heterocycles. The van der Waals surface area contributed by atoms with E-state index < -0.39 is 0 Å². The van der Waals surface area contributed by atoms with Crippen molar-refractivity contribution in [2.24, 2.45) is 11.3 Å². The Labute approximate surface area is 131 Å². The first kappa shape index (κ1) is 15.3. The second-order valence-corrected chi connectivity index (χ2v) is 6.38. The quantitative estimate of drug-likeness (QED) is 0.874. The van der Waals surface area contributed by atoms with Gasteiger partial charge in [-0.2, -0.15) is 0 Å². The molecule has 3 rings (SSSR count). The number of aliphatic hydroxyl groups is 1.